The molecule has 0 saturated heterocycles. The molecule has 0 radical (unpaired) electrons. The SMILES string of the molecule is C=CCn1c(COc2ccc(C)cc2OCC)nnc1SCC(=O)N[C@H]1CCCC[C@@H]1C. The third-order valence-corrected chi connectivity index (χ3v) is 6.62. The average molecular weight is 459 g/mol. The van der Waals surface area contributed by atoms with Gasteiger partial charge < -0.3 is 14.8 Å². The molecule has 3 rings (SSSR count). The van der Waals surface area contributed by atoms with Gasteiger partial charge in [-0.3, -0.25) is 9.36 Å². The Morgan fingerprint density at radius 2 is 2.09 bits per heavy atom. The van der Waals surface area contributed by atoms with E-state index in [1.54, 1.807) is 6.08 Å². The van der Waals surface area contributed by atoms with Crippen LogP contribution in [0.1, 0.15) is 50.9 Å². The number of thioether (sulfide) groups is 1. The zero-order valence-electron chi connectivity index (χ0n) is 19.3. The molecule has 1 N–H and O–H groups in total. The number of rotatable bonds is 11. The molecule has 1 aliphatic rings. The van der Waals surface area contributed by atoms with Crippen molar-refractivity contribution in [2.45, 2.75) is 70.8 Å². The van der Waals surface area contributed by atoms with Gasteiger partial charge in [0.15, 0.2) is 22.5 Å². The monoisotopic (exact) mass is 458 g/mol. The van der Waals surface area contributed by atoms with Crippen molar-refractivity contribution in [2.75, 3.05) is 12.4 Å². The molecule has 1 aromatic carbocycles. The van der Waals surface area contributed by atoms with Crippen molar-refractivity contribution in [3.63, 3.8) is 0 Å². The molecule has 1 heterocycles. The van der Waals surface area contributed by atoms with Gasteiger partial charge in [-0.15, -0.1) is 16.8 Å². The van der Waals surface area contributed by atoms with Crippen molar-refractivity contribution in [1.82, 2.24) is 20.1 Å². The van der Waals surface area contributed by atoms with Gasteiger partial charge in [0.25, 0.3) is 0 Å². The van der Waals surface area contributed by atoms with Crippen molar-refractivity contribution in [2.24, 2.45) is 5.92 Å². The van der Waals surface area contributed by atoms with Crippen molar-refractivity contribution < 1.29 is 14.3 Å². The lowest BCUT2D eigenvalue weighted by molar-refractivity contribution is -0.119. The van der Waals surface area contributed by atoms with Gasteiger partial charge in [0.1, 0.15) is 6.61 Å². The number of nitrogens with one attached hydrogen (secondary N) is 1. The smallest absolute Gasteiger partial charge is 0.230 e. The van der Waals surface area contributed by atoms with Gasteiger partial charge >= 0.3 is 0 Å². The summed E-state index contributed by atoms with van der Waals surface area (Å²) < 4.78 is 13.6. The largest absolute Gasteiger partial charge is 0.490 e. The highest BCUT2D eigenvalue weighted by molar-refractivity contribution is 7.99. The second-order valence-electron chi connectivity index (χ2n) is 8.19. The van der Waals surface area contributed by atoms with Crippen molar-refractivity contribution in [3.8, 4) is 11.5 Å². The average Bonchev–Trinajstić information content (AvgIpc) is 3.15. The maximum absolute atomic E-state index is 12.5. The molecule has 32 heavy (non-hydrogen) atoms. The molecule has 2 atom stereocenters. The highest BCUT2D eigenvalue weighted by atomic mass is 32.2. The fraction of sp³-hybridized carbons (Fsp3) is 0.542. The van der Waals surface area contributed by atoms with Gasteiger partial charge in [-0.1, -0.05) is 43.7 Å². The molecule has 7 nitrogen and oxygen atoms in total. The number of benzene rings is 1. The Labute approximate surface area is 195 Å². The second kappa shape index (κ2) is 11.9. The first kappa shape index (κ1) is 24.2. The number of allylic oxidation sites excluding steroid dienone is 1. The van der Waals surface area contributed by atoms with E-state index in [0.717, 1.165) is 12.0 Å². The molecule has 1 aliphatic carbocycles. The number of carbonyl (C=O) groups is 1. The van der Waals surface area contributed by atoms with E-state index in [2.05, 4.69) is 29.0 Å². The number of hydrogen-bond donors (Lipinski definition) is 1. The Kier molecular flexibility index (Phi) is 9.02. The maximum Gasteiger partial charge on any atom is 0.230 e. The standard InChI is InChI=1S/C24H34N4O3S/c1-5-13-28-22(15-31-20-12-11-17(3)14-21(20)30-6-2)26-27-24(28)32-16-23(29)25-19-10-8-7-9-18(19)4/h5,11-12,14,18-19H,1,6-10,13,15-16H2,2-4H3,(H,25,29)/t18-,19-/m0/s1. The third kappa shape index (κ3) is 6.51. The van der Waals surface area contributed by atoms with E-state index >= 15 is 0 Å². The summed E-state index contributed by atoms with van der Waals surface area (Å²) in [6.45, 7) is 11.4. The summed E-state index contributed by atoms with van der Waals surface area (Å²) >= 11 is 1.39. The lowest BCUT2D eigenvalue weighted by Crippen LogP contribution is -2.41. The zero-order chi connectivity index (χ0) is 22.9. The van der Waals surface area contributed by atoms with Crippen LogP contribution in [0.2, 0.25) is 0 Å². The second-order valence-corrected chi connectivity index (χ2v) is 9.14. The Morgan fingerprint density at radius 1 is 1.28 bits per heavy atom. The summed E-state index contributed by atoms with van der Waals surface area (Å²) in [4.78, 5) is 12.5. The highest BCUT2D eigenvalue weighted by Crippen LogP contribution is 2.29. The predicted octanol–water partition coefficient (Wildman–Crippen LogP) is 4.54. The van der Waals surface area contributed by atoms with Crippen LogP contribution in [0.5, 0.6) is 11.5 Å². The van der Waals surface area contributed by atoms with E-state index in [1.165, 1.54) is 31.0 Å². The number of hydrogen-bond acceptors (Lipinski definition) is 6. The first-order valence-electron chi connectivity index (χ1n) is 11.3. The number of aromatic nitrogens is 3. The Balaban J connectivity index is 1.61. The summed E-state index contributed by atoms with van der Waals surface area (Å²) in [6.07, 6.45) is 6.48. The minimum atomic E-state index is 0.0423. The minimum Gasteiger partial charge on any atom is -0.490 e. The van der Waals surface area contributed by atoms with Gasteiger partial charge in [-0.05, 0) is 50.3 Å². The van der Waals surface area contributed by atoms with E-state index in [1.807, 2.05) is 36.6 Å². The van der Waals surface area contributed by atoms with Crippen LogP contribution < -0.4 is 14.8 Å². The van der Waals surface area contributed by atoms with Crippen LogP contribution in [0.4, 0.5) is 0 Å². The van der Waals surface area contributed by atoms with Crippen LogP contribution in [-0.2, 0) is 17.9 Å². The normalized spacial score (nSPS) is 18.2. The van der Waals surface area contributed by atoms with E-state index in [0.29, 0.717) is 47.3 Å². The number of ether oxygens (including phenoxy) is 2. The van der Waals surface area contributed by atoms with Gasteiger partial charge in [0.2, 0.25) is 5.91 Å². The van der Waals surface area contributed by atoms with E-state index < -0.39 is 0 Å². The van der Waals surface area contributed by atoms with E-state index in [4.69, 9.17) is 9.47 Å². The van der Waals surface area contributed by atoms with Crippen LogP contribution in [0.15, 0.2) is 36.0 Å². The summed E-state index contributed by atoms with van der Waals surface area (Å²) in [7, 11) is 0. The molecule has 8 heteroatoms. The van der Waals surface area contributed by atoms with Crippen LogP contribution in [0.25, 0.3) is 0 Å². The van der Waals surface area contributed by atoms with Crippen LogP contribution in [0, 0.1) is 12.8 Å². The van der Waals surface area contributed by atoms with E-state index in [9.17, 15) is 4.79 Å². The van der Waals surface area contributed by atoms with Crippen LogP contribution >= 0.6 is 11.8 Å². The Bertz CT molecular complexity index is 915. The molecule has 0 bridgehead atoms. The van der Waals surface area contributed by atoms with Gasteiger partial charge in [-0.25, -0.2) is 0 Å². The Hall–Kier alpha value is -2.48. The van der Waals surface area contributed by atoms with Crippen LogP contribution in [-0.4, -0.2) is 39.1 Å². The number of carbonyl (C=O) groups excluding carboxylic acids is 1. The fourth-order valence-electron chi connectivity index (χ4n) is 3.90. The molecule has 174 valence electrons. The van der Waals surface area contributed by atoms with Gasteiger partial charge in [-0.2, -0.15) is 0 Å². The minimum absolute atomic E-state index is 0.0423. The van der Waals surface area contributed by atoms with Gasteiger partial charge in [0, 0.05) is 12.6 Å². The molecular weight excluding hydrogens is 424 g/mol. The Morgan fingerprint density at radius 3 is 2.84 bits per heavy atom. The molecule has 1 aromatic heterocycles. The molecular formula is C24H34N4O3S. The first-order valence-corrected chi connectivity index (χ1v) is 12.3. The zero-order valence-corrected chi connectivity index (χ0v) is 20.1. The van der Waals surface area contributed by atoms with Crippen molar-refractivity contribution in [1.29, 1.82) is 0 Å². The molecule has 1 amide bonds. The summed E-state index contributed by atoms with van der Waals surface area (Å²) in [5, 5.41) is 12.5. The number of nitrogens with zero attached hydrogens (tertiary/aromatic N) is 3. The van der Waals surface area contributed by atoms with Crippen LogP contribution in [0.3, 0.4) is 0 Å². The third-order valence-electron chi connectivity index (χ3n) is 5.65. The summed E-state index contributed by atoms with van der Waals surface area (Å²) in [5.41, 5.74) is 1.11. The highest BCUT2D eigenvalue weighted by Gasteiger charge is 2.23. The quantitative estimate of drug-likeness (QED) is 0.394. The molecule has 0 unspecified atom stereocenters. The summed E-state index contributed by atoms with van der Waals surface area (Å²) in [6, 6.07) is 6.13. The topological polar surface area (TPSA) is 78.3 Å². The molecule has 2 aromatic rings. The van der Waals surface area contributed by atoms with E-state index in [-0.39, 0.29) is 18.6 Å². The van der Waals surface area contributed by atoms with Gasteiger partial charge in [0.05, 0.1) is 12.4 Å². The fourth-order valence-corrected chi connectivity index (χ4v) is 4.68. The lowest BCUT2D eigenvalue weighted by Gasteiger charge is -2.29. The summed E-state index contributed by atoms with van der Waals surface area (Å²) in [5.74, 6) is 2.95. The van der Waals surface area contributed by atoms with Crippen molar-refractivity contribution in [3.05, 3.63) is 42.2 Å². The maximum atomic E-state index is 12.5. The predicted molar refractivity (Wildman–Crippen MR) is 127 cm³/mol. The molecule has 0 spiro atoms. The lowest BCUT2D eigenvalue weighted by atomic mass is 9.86. The first-order chi connectivity index (χ1) is 15.5. The number of aryl methyl sites for hydroxylation is 1. The number of amides is 1. The molecule has 0 aliphatic heterocycles. The molecule has 1 fully saturated rings. The molecule has 1 saturated carbocycles. The van der Waals surface area contributed by atoms with Crippen molar-refractivity contribution >= 4 is 17.7 Å².